The van der Waals surface area contributed by atoms with Crippen LogP contribution >= 0.6 is 0 Å². The molecule has 128 valence electrons. The van der Waals surface area contributed by atoms with E-state index in [1.807, 2.05) is 60.7 Å². The zero-order chi connectivity index (χ0) is 17.0. The van der Waals surface area contributed by atoms with Crippen LogP contribution in [0, 0.1) is 0 Å². The Morgan fingerprint density at radius 1 is 0.958 bits per heavy atom. The lowest BCUT2D eigenvalue weighted by Gasteiger charge is -2.21. The summed E-state index contributed by atoms with van der Waals surface area (Å²) in [4.78, 5) is 17.6. The number of carbonyl (C=O) groups excluding carboxylic acids is 1. The zero-order valence-corrected chi connectivity index (χ0v) is 13.9. The number of benzene rings is 2. The van der Waals surface area contributed by atoms with Crippen LogP contribution in [0.5, 0.6) is 5.75 Å². The lowest BCUT2D eigenvalue weighted by atomic mass is 10.2. The maximum absolute atomic E-state index is 12.0. The maximum atomic E-state index is 12.0. The van der Waals surface area contributed by atoms with Gasteiger partial charge in [-0.05, 0) is 24.6 Å². The fourth-order valence-electron chi connectivity index (χ4n) is 2.05. The highest BCUT2D eigenvalue weighted by molar-refractivity contribution is 5.66. The number of rotatable bonds is 9. The van der Waals surface area contributed by atoms with E-state index in [0.29, 0.717) is 32.8 Å². The Labute approximate surface area is 142 Å². The molecule has 0 saturated heterocycles. The fraction of sp³-hybridized carbons (Fsp3) is 0.316. The van der Waals surface area contributed by atoms with E-state index in [2.05, 4.69) is 0 Å². The van der Waals surface area contributed by atoms with Gasteiger partial charge in [-0.3, -0.25) is 4.84 Å². The second-order valence-corrected chi connectivity index (χ2v) is 5.07. The Hall–Kier alpha value is -2.53. The molecule has 0 heterocycles. The van der Waals surface area contributed by atoms with Gasteiger partial charge in [0.15, 0.2) is 0 Å². The summed E-state index contributed by atoms with van der Waals surface area (Å²) < 4.78 is 10.6. The molecule has 0 aromatic heterocycles. The first kappa shape index (κ1) is 17.8. The van der Waals surface area contributed by atoms with Crippen LogP contribution in [-0.4, -0.2) is 31.0 Å². The normalized spacial score (nSPS) is 10.2. The first-order chi connectivity index (χ1) is 11.8. The van der Waals surface area contributed by atoms with E-state index in [1.165, 1.54) is 5.06 Å². The Kier molecular flexibility index (Phi) is 7.63. The van der Waals surface area contributed by atoms with Crippen LogP contribution in [0.15, 0.2) is 60.7 Å². The molecule has 2 rings (SSSR count). The molecule has 0 atom stereocenters. The topological polar surface area (TPSA) is 48.0 Å². The molecule has 2 aromatic rings. The van der Waals surface area contributed by atoms with Gasteiger partial charge in [0.05, 0.1) is 26.4 Å². The van der Waals surface area contributed by atoms with Crippen molar-refractivity contribution in [3.8, 4) is 5.75 Å². The lowest BCUT2D eigenvalue weighted by molar-refractivity contribution is -0.144. The van der Waals surface area contributed by atoms with Crippen LogP contribution in [0.4, 0.5) is 4.79 Å². The van der Waals surface area contributed by atoms with Crippen molar-refractivity contribution in [1.82, 2.24) is 5.06 Å². The third kappa shape index (κ3) is 6.30. The van der Waals surface area contributed by atoms with Crippen LogP contribution in [0.25, 0.3) is 0 Å². The summed E-state index contributed by atoms with van der Waals surface area (Å²) in [6.45, 7) is 3.32. The van der Waals surface area contributed by atoms with Crippen LogP contribution in [0.3, 0.4) is 0 Å². The van der Waals surface area contributed by atoms with Crippen molar-refractivity contribution in [1.29, 1.82) is 0 Å². The first-order valence-corrected chi connectivity index (χ1v) is 8.08. The fourth-order valence-corrected chi connectivity index (χ4v) is 2.05. The van der Waals surface area contributed by atoms with E-state index in [1.54, 1.807) is 6.92 Å². The summed E-state index contributed by atoms with van der Waals surface area (Å²) in [6, 6.07) is 19.3. The number of amides is 1. The number of carbonyl (C=O) groups is 1. The highest BCUT2D eigenvalue weighted by Crippen LogP contribution is 2.10. The van der Waals surface area contributed by atoms with Gasteiger partial charge in [0.2, 0.25) is 0 Å². The average molecular weight is 329 g/mol. The number of hydrogen-bond acceptors (Lipinski definition) is 4. The van der Waals surface area contributed by atoms with Crippen molar-refractivity contribution in [2.75, 3.05) is 19.8 Å². The van der Waals surface area contributed by atoms with Gasteiger partial charge in [0.1, 0.15) is 5.75 Å². The van der Waals surface area contributed by atoms with E-state index in [4.69, 9.17) is 14.3 Å². The summed E-state index contributed by atoms with van der Waals surface area (Å²) in [7, 11) is 0. The molecular formula is C19H23NO4. The summed E-state index contributed by atoms with van der Waals surface area (Å²) in [6.07, 6.45) is 0.185. The second-order valence-electron chi connectivity index (χ2n) is 5.07. The molecule has 0 unspecified atom stereocenters. The van der Waals surface area contributed by atoms with Gasteiger partial charge < -0.3 is 9.47 Å². The quantitative estimate of drug-likeness (QED) is 0.514. The molecule has 0 saturated carbocycles. The smallest absolute Gasteiger partial charge is 0.434 e. The van der Waals surface area contributed by atoms with Gasteiger partial charge in [-0.15, -0.1) is 0 Å². The van der Waals surface area contributed by atoms with Crippen molar-refractivity contribution in [2.45, 2.75) is 19.9 Å². The predicted octanol–water partition coefficient (Wildman–Crippen LogP) is 4.05. The maximum Gasteiger partial charge on any atom is 0.434 e. The minimum absolute atomic E-state index is 0.310. The minimum Gasteiger partial charge on any atom is -0.494 e. The molecule has 0 spiro atoms. The first-order valence-electron chi connectivity index (χ1n) is 8.08. The third-order valence-corrected chi connectivity index (χ3v) is 3.19. The monoisotopic (exact) mass is 329 g/mol. The number of nitrogens with zero attached hydrogens (tertiary/aromatic N) is 1. The van der Waals surface area contributed by atoms with E-state index < -0.39 is 6.09 Å². The van der Waals surface area contributed by atoms with E-state index >= 15 is 0 Å². The SMILES string of the molecule is CCOC(=O)N(Cc1ccccc1)OCCCOc1ccccc1. The molecule has 2 aromatic carbocycles. The Morgan fingerprint density at radius 3 is 2.29 bits per heavy atom. The Morgan fingerprint density at radius 2 is 1.62 bits per heavy atom. The highest BCUT2D eigenvalue weighted by Gasteiger charge is 2.16. The molecule has 5 heteroatoms. The van der Waals surface area contributed by atoms with Gasteiger partial charge in [0, 0.05) is 6.42 Å². The van der Waals surface area contributed by atoms with Gasteiger partial charge in [0.25, 0.3) is 0 Å². The van der Waals surface area contributed by atoms with Crippen molar-refractivity contribution in [3.05, 3.63) is 66.2 Å². The molecule has 1 amide bonds. The predicted molar refractivity (Wildman–Crippen MR) is 91.5 cm³/mol. The molecule has 24 heavy (non-hydrogen) atoms. The summed E-state index contributed by atoms with van der Waals surface area (Å²) in [5.74, 6) is 0.823. The van der Waals surface area contributed by atoms with Crippen molar-refractivity contribution in [3.63, 3.8) is 0 Å². The number of hydroxylamine groups is 2. The Balaban J connectivity index is 1.76. The molecular weight excluding hydrogens is 306 g/mol. The van der Waals surface area contributed by atoms with E-state index in [-0.39, 0.29) is 0 Å². The number of ether oxygens (including phenoxy) is 2. The van der Waals surface area contributed by atoms with E-state index in [9.17, 15) is 4.79 Å². The molecule has 5 nitrogen and oxygen atoms in total. The second kappa shape index (κ2) is 10.3. The zero-order valence-electron chi connectivity index (χ0n) is 13.9. The largest absolute Gasteiger partial charge is 0.494 e. The molecule has 0 aliphatic carbocycles. The molecule has 0 bridgehead atoms. The van der Waals surface area contributed by atoms with Crippen molar-refractivity contribution in [2.24, 2.45) is 0 Å². The summed E-state index contributed by atoms with van der Waals surface area (Å²) in [5.41, 5.74) is 0.978. The average Bonchev–Trinajstić information content (AvgIpc) is 2.62. The van der Waals surface area contributed by atoms with Gasteiger partial charge in [-0.25, -0.2) is 4.79 Å². The lowest BCUT2D eigenvalue weighted by Crippen LogP contribution is -2.32. The minimum atomic E-state index is -0.481. The van der Waals surface area contributed by atoms with Gasteiger partial charge >= 0.3 is 6.09 Å². The van der Waals surface area contributed by atoms with E-state index in [0.717, 1.165) is 11.3 Å². The van der Waals surface area contributed by atoms with Gasteiger partial charge in [-0.1, -0.05) is 48.5 Å². The standard InChI is InChI=1S/C19H23NO4/c1-2-22-19(21)20(16-17-10-5-3-6-11-17)24-15-9-14-23-18-12-7-4-8-13-18/h3-8,10-13H,2,9,14-16H2,1H3. The Bertz CT molecular complexity index is 589. The third-order valence-electron chi connectivity index (χ3n) is 3.19. The number of para-hydroxylation sites is 1. The van der Waals surface area contributed by atoms with Crippen LogP contribution in [-0.2, 0) is 16.1 Å². The van der Waals surface area contributed by atoms with Crippen LogP contribution in [0.1, 0.15) is 18.9 Å². The number of hydrogen-bond donors (Lipinski definition) is 0. The molecule has 0 fully saturated rings. The van der Waals surface area contributed by atoms with Crippen LogP contribution < -0.4 is 4.74 Å². The van der Waals surface area contributed by atoms with Gasteiger partial charge in [-0.2, -0.15) is 5.06 Å². The van der Waals surface area contributed by atoms with Crippen molar-refractivity contribution < 1.29 is 19.1 Å². The van der Waals surface area contributed by atoms with Crippen molar-refractivity contribution >= 4 is 6.09 Å². The summed E-state index contributed by atoms with van der Waals surface area (Å²) in [5, 5.41) is 1.25. The highest BCUT2D eigenvalue weighted by atomic mass is 16.7. The summed E-state index contributed by atoms with van der Waals surface area (Å²) >= 11 is 0. The molecule has 0 aliphatic rings. The van der Waals surface area contributed by atoms with Crippen LogP contribution in [0.2, 0.25) is 0 Å². The molecule has 0 aliphatic heterocycles. The molecule has 0 N–H and O–H groups in total. The molecule has 0 radical (unpaired) electrons.